The highest BCUT2D eigenvalue weighted by Gasteiger charge is 2.20. The summed E-state index contributed by atoms with van der Waals surface area (Å²) in [5.74, 6) is 0.235. The minimum Gasteiger partial charge on any atom is -0.358 e. The summed E-state index contributed by atoms with van der Waals surface area (Å²) in [6.45, 7) is 3.04. The predicted molar refractivity (Wildman–Crippen MR) is 40.5 cm³/mol. The maximum Gasteiger partial charge on any atom is 0.344 e. The second-order valence-corrected chi connectivity index (χ2v) is 2.42. The molecule has 0 radical (unpaired) electrons. The molecule has 0 saturated carbocycles. The van der Waals surface area contributed by atoms with Gasteiger partial charge in [-0.25, -0.2) is 4.98 Å². The van der Waals surface area contributed by atoms with E-state index >= 15 is 0 Å². The second kappa shape index (κ2) is 2.90. The first-order valence-electron chi connectivity index (χ1n) is 3.40. The highest BCUT2D eigenvalue weighted by molar-refractivity contribution is 5.19. The molecule has 66 valence electrons. The van der Waals surface area contributed by atoms with Crippen molar-refractivity contribution in [1.29, 1.82) is 0 Å². The van der Waals surface area contributed by atoms with Gasteiger partial charge in [0.25, 0.3) is 0 Å². The molecule has 0 amide bonds. The number of aryl methyl sites for hydroxylation is 1. The normalized spacial score (nSPS) is 12.9. The average molecular weight is 171 g/mol. The molecule has 0 aliphatic rings. The summed E-state index contributed by atoms with van der Waals surface area (Å²) in [7, 11) is 0. The molecule has 1 atom stereocenters. The van der Waals surface area contributed by atoms with E-state index in [0.717, 1.165) is 10.8 Å². The fourth-order valence-corrected chi connectivity index (χ4v) is 1.04. The molecule has 0 spiro atoms. The minimum atomic E-state index is -0.923. The van der Waals surface area contributed by atoms with E-state index in [1.807, 2.05) is 0 Å². The van der Waals surface area contributed by atoms with E-state index in [4.69, 9.17) is 5.11 Å². The van der Waals surface area contributed by atoms with Crippen molar-refractivity contribution in [2.75, 3.05) is 0 Å². The van der Waals surface area contributed by atoms with Gasteiger partial charge in [0.15, 0.2) is 12.1 Å². The first-order chi connectivity index (χ1) is 5.54. The highest BCUT2D eigenvalue weighted by atomic mass is 16.6. The first-order valence-corrected chi connectivity index (χ1v) is 3.40. The van der Waals surface area contributed by atoms with Gasteiger partial charge in [0.2, 0.25) is 0 Å². The molecule has 6 heteroatoms. The zero-order valence-corrected chi connectivity index (χ0v) is 6.76. The third kappa shape index (κ3) is 1.28. The topological polar surface area (TPSA) is 81.2 Å². The lowest BCUT2D eigenvalue weighted by Gasteiger charge is -2.03. The van der Waals surface area contributed by atoms with Crippen molar-refractivity contribution in [3.8, 4) is 0 Å². The van der Waals surface area contributed by atoms with Crippen molar-refractivity contribution in [1.82, 2.24) is 9.55 Å². The minimum absolute atomic E-state index is 0.192. The van der Waals surface area contributed by atoms with Gasteiger partial charge in [0, 0.05) is 13.8 Å². The lowest BCUT2D eigenvalue weighted by molar-refractivity contribution is -0.393. The summed E-state index contributed by atoms with van der Waals surface area (Å²) in [6, 6.07) is 0. The summed E-state index contributed by atoms with van der Waals surface area (Å²) in [5.41, 5.74) is 0. The molecule has 1 heterocycles. The van der Waals surface area contributed by atoms with Crippen LogP contribution in [-0.4, -0.2) is 19.6 Å². The van der Waals surface area contributed by atoms with Crippen LogP contribution in [0.25, 0.3) is 0 Å². The Hall–Kier alpha value is -1.43. The Morgan fingerprint density at radius 2 is 2.42 bits per heavy atom. The Morgan fingerprint density at radius 1 is 1.83 bits per heavy atom. The summed E-state index contributed by atoms with van der Waals surface area (Å²) in [5, 5.41) is 19.5. The van der Waals surface area contributed by atoms with Crippen LogP contribution in [0.15, 0.2) is 6.20 Å². The Balaban J connectivity index is 3.21. The van der Waals surface area contributed by atoms with Crippen LogP contribution in [-0.2, 0) is 0 Å². The van der Waals surface area contributed by atoms with Crippen LogP contribution in [0.2, 0.25) is 0 Å². The van der Waals surface area contributed by atoms with E-state index < -0.39 is 11.2 Å². The third-order valence-corrected chi connectivity index (χ3v) is 1.52. The van der Waals surface area contributed by atoms with Gasteiger partial charge in [0.05, 0.1) is 0 Å². The van der Waals surface area contributed by atoms with Crippen molar-refractivity contribution in [2.45, 2.75) is 20.1 Å². The van der Waals surface area contributed by atoms with Crippen molar-refractivity contribution < 1.29 is 10.0 Å². The monoisotopic (exact) mass is 171 g/mol. The fourth-order valence-electron chi connectivity index (χ4n) is 1.04. The van der Waals surface area contributed by atoms with Crippen LogP contribution in [0.4, 0.5) is 5.82 Å². The molecular formula is C6H9N3O3. The van der Waals surface area contributed by atoms with E-state index in [9.17, 15) is 10.1 Å². The average Bonchev–Trinajstić information content (AvgIpc) is 2.30. The van der Waals surface area contributed by atoms with E-state index in [1.54, 1.807) is 6.92 Å². The summed E-state index contributed by atoms with van der Waals surface area (Å²) >= 11 is 0. The summed E-state index contributed by atoms with van der Waals surface area (Å²) in [6.07, 6.45) is 0.204. The van der Waals surface area contributed by atoms with Gasteiger partial charge in [-0.2, -0.15) is 4.57 Å². The third-order valence-electron chi connectivity index (χ3n) is 1.52. The number of hydrogen-bond acceptors (Lipinski definition) is 4. The van der Waals surface area contributed by atoms with E-state index in [-0.39, 0.29) is 5.82 Å². The van der Waals surface area contributed by atoms with Crippen molar-refractivity contribution in [3.63, 3.8) is 0 Å². The highest BCUT2D eigenvalue weighted by Crippen LogP contribution is 2.17. The molecule has 0 aliphatic heterocycles. The van der Waals surface area contributed by atoms with Crippen LogP contribution in [0.3, 0.4) is 0 Å². The number of aliphatic hydroxyl groups excluding tert-OH is 1. The predicted octanol–water partition coefficient (Wildman–Crippen LogP) is 0.611. The summed E-state index contributed by atoms with van der Waals surface area (Å²) < 4.78 is 1.15. The van der Waals surface area contributed by atoms with Gasteiger partial charge in [-0.15, -0.1) is 0 Å². The fraction of sp³-hybridized carbons (Fsp3) is 0.500. The van der Waals surface area contributed by atoms with Gasteiger partial charge in [-0.3, -0.25) is 0 Å². The number of imidazole rings is 1. The molecule has 0 aliphatic carbocycles. The van der Waals surface area contributed by atoms with Gasteiger partial charge >= 0.3 is 5.82 Å². The summed E-state index contributed by atoms with van der Waals surface area (Å²) in [4.78, 5) is 13.5. The number of hydrogen-bond donors (Lipinski definition) is 1. The number of aromatic nitrogens is 2. The Morgan fingerprint density at radius 3 is 2.75 bits per heavy atom. The molecule has 0 saturated heterocycles. The number of aliphatic hydroxyl groups is 1. The maximum atomic E-state index is 10.4. The quantitative estimate of drug-likeness (QED) is 0.522. The van der Waals surface area contributed by atoms with E-state index in [0.29, 0.717) is 5.82 Å². The number of nitro groups is 1. The smallest absolute Gasteiger partial charge is 0.344 e. The van der Waals surface area contributed by atoms with Crippen molar-refractivity contribution >= 4 is 5.82 Å². The number of rotatable bonds is 2. The van der Waals surface area contributed by atoms with E-state index in [1.165, 1.54) is 6.92 Å². The maximum absolute atomic E-state index is 10.4. The molecule has 0 aromatic carbocycles. The largest absolute Gasteiger partial charge is 0.358 e. The zero-order valence-electron chi connectivity index (χ0n) is 6.76. The standard InChI is InChI=1S/C6H9N3O3/c1-4-7-3-6(9(11)12)8(4)5(2)10/h3,5,10H,1-2H3/t5-/m0/s1. The zero-order chi connectivity index (χ0) is 9.30. The SMILES string of the molecule is Cc1ncc([N+](=O)[O-])n1[C@H](C)O. The Kier molecular flexibility index (Phi) is 2.09. The molecule has 0 unspecified atom stereocenters. The molecule has 0 fully saturated rings. The molecule has 0 bridgehead atoms. The lowest BCUT2D eigenvalue weighted by atomic mass is 10.5. The Labute approximate surface area is 68.6 Å². The first kappa shape index (κ1) is 8.66. The van der Waals surface area contributed by atoms with Gasteiger partial charge in [-0.1, -0.05) is 0 Å². The van der Waals surface area contributed by atoms with Crippen molar-refractivity contribution in [3.05, 3.63) is 22.1 Å². The molecule has 1 rings (SSSR count). The molecule has 1 aromatic heterocycles. The Bertz CT molecular complexity index is 305. The van der Waals surface area contributed by atoms with Crippen molar-refractivity contribution in [2.24, 2.45) is 0 Å². The molecule has 1 N–H and O–H groups in total. The molecular weight excluding hydrogens is 162 g/mol. The van der Waals surface area contributed by atoms with Gasteiger partial charge < -0.3 is 15.2 Å². The lowest BCUT2D eigenvalue weighted by Crippen LogP contribution is -2.09. The van der Waals surface area contributed by atoms with Crippen LogP contribution in [0.5, 0.6) is 0 Å². The van der Waals surface area contributed by atoms with Crippen LogP contribution in [0, 0.1) is 17.0 Å². The second-order valence-electron chi connectivity index (χ2n) is 2.42. The van der Waals surface area contributed by atoms with E-state index in [2.05, 4.69) is 4.98 Å². The number of nitrogens with zero attached hydrogens (tertiary/aromatic N) is 3. The van der Waals surface area contributed by atoms with Crippen LogP contribution < -0.4 is 0 Å². The van der Waals surface area contributed by atoms with Crippen LogP contribution in [0.1, 0.15) is 19.0 Å². The molecule has 6 nitrogen and oxygen atoms in total. The molecule has 1 aromatic rings. The van der Waals surface area contributed by atoms with Crippen LogP contribution >= 0.6 is 0 Å². The van der Waals surface area contributed by atoms with Gasteiger partial charge in [0.1, 0.15) is 6.20 Å². The van der Waals surface area contributed by atoms with Gasteiger partial charge in [-0.05, 0) is 4.92 Å². The molecule has 12 heavy (non-hydrogen) atoms.